The van der Waals surface area contributed by atoms with Crippen LogP contribution in [0.5, 0.6) is 5.75 Å². The van der Waals surface area contributed by atoms with Crippen molar-refractivity contribution in [3.05, 3.63) is 29.5 Å². The van der Waals surface area contributed by atoms with Gasteiger partial charge in [-0.05, 0) is 50.3 Å². The zero-order valence-electron chi connectivity index (χ0n) is 14.8. The van der Waals surface area contributed by atoms with Crippen LogP contribution in [0.1, 0.15) is 37.0 Å². The Balaban J connectivity index is 1.38. The Morgan fingerprint density at radius 3 is 2.73 bits per heavy atom. The highest BCUT2D eigenvalue weighted by atomic mass is 16.5. The molecule has 1 saturated heterocycles. The first kappa shape index (κ1) is 16.9. The predicted octanol–water partition coefficient (Wildman–Crippen LogP) is 2.41. The normalized spacial score (nSPS) is 17.9. The molecule has 0 radical (unpaired) electrons. The lowest BCUT2D eigenvalue weighted by Crippen LogP contribution is -2.43. The fourth-order valence-corrected chi connectivity index (χ4v) is 3.98. The van der Waals surface area contributed by atoms with Crippen LogP contribution in [0, 0.1) is 5.92 Å². The van der Waals surface area contributed by atoms with Crippen LogP contribution in [-0.4, -0.2) is 36.4 Å². The van der Waals surface area contributed by atoms with Gasteiger partial charge in [-0.25, -0.2) is 0 Å². The number of carbonyl (C=O) groups excluding carboxylic acids is 2. The van der Waals surface area contributed by atoms with E-state index in [1.807, 2.05) is 18.2 Å². The van der Waals surface area contributed by atoms with Gasteiger partial charge in [0.2, 0.25) is 5.91 Å². The van der Waals surface area contributed by atoms with Crippen molar-refractivity contribution in [2.24, 2.45) is 11.7 Å². The van der Waals surface area contributed by atoms with Gasteiger partial charge >= 0.3 is 0 Å². The Morgan fingerprint density at radius 1 is 1.19 bits per heavy atom. The number of carbonyl (C=O) groups is 2. The van der Waals surface area contributed by atoms with Crippen molar-refractivity contribution in [1.82, 2.24) is 4.90 Å². The summed E-state index contributed by atoms with van der Waals surface area (Å²) in [5, 5.41) is 1.10. The van der Waals surface area contributed by atoms with Crippen molar-refractivity contribution in [2.75, 3.05) is 19.7 Å². The number of likely N-dealkylation sites (tertiary alicyclic amines) is 1. The lowest BCUT2D eigenvalue weighted by Gasteiger charge is -2.30. The second-order valence-corrected chi connectivity index (χ2v) is 7.21. The molecule has 6 heteroatoms. The van der Waals surface area contributed by atoms with E-state index in [-0.39, 0.29) is 24.3 Å². The highest BCUT2D eigenvalue weighted by molar-refractivity contribution is 5.84. The van der Waals surface area contributed by atoms with Crippen LogP contribution in [0.25, 0.3) is 11.0 Å². The summed E-state index contributed by atoms with van der Waals surface area (Å²) < 4.78 is 11.7. The fourth-order valence-electron chi connectivity index (χ4n) is 3.98. The summed E-state index contributed by atoms with van der Waals surface area (Å²) in [6.45, 7) is 1.13. The zero-order valence-corrected chi connectivity index (χ0v) is 14.8. The number of primary amides is 1. The molecule has 2 heterocycles. The van der Waals surface area contributed by atoms with E-state index < -0.39 is 0 Å². The zero-order chi connectivity index (χ0) is 18.1. The molecule has 6 nitrogen and oxygen atoms in total. The molecule has 2 N–H and O–H groups in total. The number of piperidine rings is 1. The van der Waals surface area contributed by atoms with Crippen LogP contribution in [0.2, 0.25) is 0 Å². The van der Waals surface area contributed by atoms with Crippen LogP contribution in [0.15, 0.2) is 22.6 Å². The third kappa shape index (κ3) is 3.28. The van der Waals surface area contributed by atoms with Crippen molar-refractivity contribution < 1.29 is 18.7 Å². The molecule has 2 amide bonds. The van der Waals surface area contributed by atoms with E-state index in [1.54, 1.807) is 4.90 Å². The van der Waals surface area contributed by atoms with Gasteiger partial charge in [0.1, 0.15) is 17.1 Å². The molecule has 1 aromatic carbocycles. The summed E-state index contributed by atoms with van der Waals surface area (Å²) >= 11 is 0. The number of nitrogens with zero attached hydrogens (tertiary/aromatic N) is 1. The van der Waals surface area contributed by atoms with Crippen LogP contribution < -0.4 is 10.5 Å². The van der Waals surface area contributed by atoms with Gasteiger partial charge in [-0.1, -0.05) is 0 Å². The molecule has 1 aliphatic heterocycles. The number of rotatable bonds is 4. The first-order chi connectivity index (χ1) is 12.6. The maximum Gasteiger partial charge on any atom is 0.260 e. The van der Waals surface area contributed by atoms with Crippen molar-refractivity contribution in [2.45, 2.75) is 38.5 Å². The molecule has 0 saturated carbocycles. The van der Waals surface area contributed by atoms with Crippen molar-refractivity contribution in [3.8, 4) is 5.75 Å². The lowest BCUT2D eigenvalue weighted by atomic mass is 9.96. The van der Waals surface area contributed by atoms with E-state index in [1.165, 1.54) is 18.4 Å². The second kappa shape index (κ2) is 7.02. The molecule has 138 valence electrons. The van der Waals surface area contributed by atoms with Crippen LogP contribution in [0.3, 0.4) is 0 Å². The first-order valence-electron chi connectivity index (χ1n) is 9.36. The Hall–Kier alpha value is -2.50. The van der Waals surface area contributed by atoms with Crippen molar-refractivity contribution in [1.29, 1.82) is 0 Å². The van der Waals surface area contributed by atoms with Crippen LogP contribution in [0.4, 0.5) is 0 Å². The van der Waals surface area contributed by atoms with Gasteiger partial charge in [-0.3, -0.25) is 9.59 Å². The molecular formula is C20H24N2O4. The Bertz CT molecular complexity index is 834. The molecule has 0 atom stereocenters. The average Bonchev–Trinajstić information content (AvgIpc) is 3.04. The highest BCUT2D eigenvalue weighted by Gasteiger charge is 2.26. The van der Waals surface area contributed by atoms with Gasteiger partial charge in [0.25, 0.3) is 5.91 Å². The summed E-state index contributed by atoms with van der Waals surface area (Å²) in [6.07, 6.45) is 5.67. The summed E-state index contributed by atoms with van der Waals surface area (Å²) in [5.41, 5.74) is 7.51. The van der Waals surface area contributed by atoms with Crippen LogP contribution in [-0.2, 0) is 22.4 Å². The molecule has 0 unspecified atom stereocenters. The molecule has 2 aliphatic rings. The first-order valence-corrected chi connectivity index (χ1v) is 9.36. The summed E-state index contributed by atoms with van der Waals surface area (Å²) in [5.74, 6) is 1.34. The van der Waals surface area contributed by atoms with E-state index >= 15 is 0 Å². The number of nitrogens with two attached hydrogens (primary N) is 1. The minimum absolute atomic E-state index is 0.00673. The smallest absolute Gasteiger partial charge is 0.260 e. The highest BCUT2D eigenvalue weighted by Crippen LogP contribution is 2.34. The molecule has 1 aromatic heterocycles. The van der Waals surface area contributed by atoms with Gasteiger partial charge in [0.05, 0.1) is 0 Å². The van der Waals surface area contributed by atoms with Gasteiger partial charge < -0.3 is 19.8 Å². The number of ether oxygens (including phenoxy) is 1. The number of hydrogen-bond donors (Lipinski definition) is 1. The van der Waals surface area contributed by atoms with Gasteiger partial charge in [0, 0.05) is 36.4 Å². The van der Waals surface area contributed by atoms with Gasteiger partial charge in [-0.2, -0.15) is 0 Å². The Morgan fingerprint density at radius 2 is 1.96 bits per heavy atom. The maximum absolute atomic E-state index is 12.4. The van der Waals surface area contributed by atoms with E-state index in [4.69, 9.17) is 14.9 Å². The number of aryl methyl sites for hydroxylation is 2. The number of fused-ring (bicyclic) bond motifs is 3. The third-order valence-electron chi connectivity index (χ3n) is 5.54. The molecule has 2 aromatic rings. The summed E-state index contributed by atoms with van der Waals surface area (Å²) in [6, 6.07) is 5.76. The summed E-state index contributed by atoms with van der Waals surface area (Å²) in [4.78, 5) is 25.3. The van der Waals surface area contributed by atoms with Crippen LogP contribution >= 0.6 is 0 Å². The molecule has 1 fully saturated rings. The maximum atomic E-state index is 12.4. The third-order valence-corrected chi connectivity index (χ3v) is 5.54. The Labute approximate surface area is 152 Å². The summed E-state index contributed by atoms with van der Waals surface area (Å²) in [7, 11) is 0. The minimum Gasteiger partial charge on any atom is -0.484 e. The molecular weight excluding hydrogens is 332 g/mol. The van der Waals surface area contributed by atoms with Crippen molar-refractivity contribution in [3.63, 3.8) is 0 Å². The van der Waals surface area contributed by atoms with E-state index in [2.05, 4.69) is 0 Å². The van der Waals surface area contributed by atoms with E-state index in [9.17, 15) is 9.59 Å². The number of furan rings is 1. The molecule has 0 spiro atoms. The molecule has 1 aliphatic carbocycles. The molecule has 4 rings (SSSR count). The SMILES string of the molecule is NC(=O)C1CCN(C(=O)COc2ccc3oc4c(c3c2)CCCC4)CC1. The van der Waals surface area contributed by atoms with Gasteiger partial charge in [-0.15, -0.1) is 0 Å². The van der Waals surface area contributed by atoms with Gasteiger partial charge in [0.15, 0.2) is 6.61 Å². The quantitative estimate of drug-likeness (QED) is 0.911. The molecule has 26 heavy (non-hydrogen) atoms. The minimum atomic E-state index is -0.273. The van der Waals surface area contributed by atoms with E-state index in [0.717, 1.165) is 29.6 Å². The standard InChI is InChI=1S/C20H24N2O4/c21-20(24)13-7-9-22(10-8-13)19(23)12-25-14-5-6-18-16(11-14)15-3-1-2-4-17(15)26-18/h5-6,11,13H,1-4,7-10,12H2,(H2,21,24). The number of hydrogen-bond acceptors (Lipinski definition) is 4. The fraction of sp³-hybridized carbons (Fsp3) is 0.500. The van der Waals surface area contributed by atoms with Crippen molar-refractivity contribution >= 4 is 22.8 Å². The topological polar surface area (TPSA) is 85.8 Å². The monoisotopic (exact) mass is 356 g/mol. The van der Waals surface area contributed by atoms with E-state index in [0.29, 0.717) is 31.7 Å². The largest absolute Gasteiger partial charge is 0.484 e. The Kier molecular flexibility index (Phi) is 4.57. The average molecular weight is 356 g/mol. The molecule has 0 bridgehead atoms. The number of amides is 2. The second-order valence-electron chi connectivity index (χ2n) is 7.21. The lowest BCUT2D eigenvalue weighted by molar-refractivity contribution is -0.136. The predicted molar refractivity (Wildman–Crippen MR) is 96.8 cm³/mol. The number of benzene rings is 1.